The lowest BCUT2D eigenvalue weighted by Crippen LogP contribution is -2.41. The van der Waals surface area contributed by atoms with E-state index >= 15 is 0 Å². The van der Waals surface area contributed by atoms with E-state index in [0.717, 1.165) is 38.8 Å². The van der Waals surface area contributed by atoms with Crippen LogP contribution in [0, 0.1) is 11.7 Å². The largest absolute Gasteiger partial charge is 0.444 e. The molecule has 1 saturated heterocycles. The second-order valence-electron chi connectivity index (χ2n) is 8.25. The summed E-state index contributed by atoms with van der Waals surface area (Å²) in [7, 11) is 0. The molecule has 1 aliphatic rings. The summed E-state index contributed by atoms with van der Waals surface area (Å²) in [5.74, 6) is 0.292. The molecule has 0 saturated carbocycles. The van der Waals surface area contributed by atoms with Gasteiger partial charge in [-0.1, -0.05) is 18.9 Å². The lowest BCUT2D eigenvalue weighted by molar-refractivity contribution is 0.0179. The number of aliphatic hydroxyl groups excluding tert-OH is 1. The number of carbonyl (C=O) groups excluding carboxylic acids is 1. The molecule has 1 heterocycles. The molecular formula is C21H32FNO3S. The third-order valence-electron chi connectivity index (χ3n) is 4.92. The highest BCUT2D eigenvalue weighted by Crippen LogP contribution is 2.28. The Balaban J connectivity index is 1.71. The van der Waals surface area contributed by atoms with Crippen molar-refractivity contribution in [2.45, 2.75) is 69.5 Å². The van der Waals surface area contributed by atoms with Gasteiger partial charge in [0, 0.05) is 18.0 Å². The molecule has 2 rings (SSSR count). The van der Waals surface area contributed by atoms with Crippen molar-refractivity contribution >= 4 is 17.9 Å². The molecular weight excluding hydrogens is 365 g/mol. The van der Waals surface area contributed by atoms with Crippen LogP contribution in [0.2, 0.25) is 0 Å². The lowest BCUT2D eigenvalue weighted by atomic mass is 9.90. The van der Waals surface area contributed by atoms with Gasteiger partial charge in [-0.25, -0.2) is 9.18 Å². The van der Waals surface area contributed by atoms with Gasteiger partial charge >= 0.3 is 6.09 Å². The summed E-state index contributed by atoms with van der Waals surface area (Å²) in [6.07, 6.45) is 5.45. The summed E-state index contributed by atoms with van der Waals surface area (Å²) in [6.45, 7) is 7.09. The van der Waals surface area contributed by atoms with E-state index in [9.17, 15) is 14.3 Å². The van der Waals surface area contributed by atoms with Crippen LogP contribution in [0.5, 0.6) is 0 Å². The van der Waals surface area contributed by atoms with E-state index in [1.807, 2.05) is 27.0 Å². The number of benzene rings is 1. The first kappa shape index (κ1) is 22.0. The number of carbonyl (C=O) groups is 1. The Bertz CT molecular complexity index is 624. The molecule has 0 spiro atoms. The number of hydrogen-bond donors (Lipinski definition) is 1. The fraction of sp³-hybridized carbons (Fsp3) is 0.667. The molecule has 1 aromatic carbocycles. The first-order valence-corrected chi connectivity index (χ1v) is 10.9. The monoisotopic (exact) mass is 397 g/mol. The second-order valence-corrected chi connectivity index (χ2v) is 9.10. The minimum Gasteiger partial charge on any atom is -0.444 e. The van der Waals surface area contributed by atoms with Crippen molar-refractivity contribution in [3.63, 3.8) is 0 Å². The Morgan fingerprint density at radius 2 is 2.04 bits per heavy atom. The van der Waals surface area contributed by atoms with Crippen LogP contribution in [0.3, 0.4) is 0 Å². The van der Waals surface area contributed by atoms with E-state index < -0.39 is 11.7 Å². The molecule has 0 aromatic heterocycles. The van der Waals surface area contributed by atoms with Gasteiger partial charge in [-0.2, -0.15) is 0 Å². The quantitative estimate of drug-likeness (QED) is 0.653. The van der Waals surface area contributed by atoms with Gasteiger partial charge < -0.3 is 14.7 Å². The van der Waals surface area contributed by atoms with Crippen molar-refractivity contribution in [3.8, 4) is 0 Å². The third-order valence-corrected chi connectivity index (χ3v) is 5.69. The number of likely N-dealkylation sites (tertiary alicyclic amines) is 1. The molecule has 1 aromatic rings. The summed E-state index contributed by atoms with van der Waals surface area (Å²) in [4.78, 5) is 14.5. The Kier molecular flexibility index (Phi) is 7.98. The van der Waals surface area contributed by atoms with Crippen molar-refractivity contribution in [3.05, 3.63) is 29.6 Å². The topological polar surface area (TPSA) is 49.8 Å². The summed E-state index contributed by atoms with van der Waals surface area (Å²) in [5, 5.41) is 10.3. The SMILES string of the molecule is CSc1ccc(C(O)CCCC2CCN(C(=O)OC(C)(C)C)CC2)cc1F. The van der Waals surface area contributed by atoms with Gasteiger partial charge in [0.05, 0.1) is 6.10 Å². The minimum absolute atomic E-state index is 0.230. The zero-order valence-electron chi connectivity index (χ0n) is 16.8. The highest BCUT2D eigenvalue weighted by molar-refractivity contribution is 7.98. The number of hydrogen-bond acceptors (Lipinski definition) is 4. The summed E-state index contributed by atoms with van der Waals surface area (Å²) >= 11 is 1.36. The second kappa shape index (κ2) is 9.78. The standard InChI is InChI=1S/C21H32FNO3S/c1-21(2,3)26-20(25)23-12-10-15(11-13-23)6-5-7-18(24)16-8-9-19(27-4)17(22)14-16/h8-9,14-15,18,24H,5-7,10-13H2,1-4H3. The van der Waals surface area contributed by atoms with Crippen LogP contribution in [-0.4, -0.2) is 41.0 Å². The van der Waals surface area contributed by atoms with Gasteiger partial charge in [0.25, 0.3) is 0 Å². The molecule has 0 aliphatic carbocycles. The van der Waals surface area contributed by atoms with Gasteiger partial charge in [-0.05, 0) is 69.9 Å². The Morgan fingerprint density at radius 1 is 1.37 bits per heavy atom. The highest BCUT2D eigenvalue weighted by atomic mass is 32.2. The van der Waals surface area contributed by atoms with E-state index in [1.165, 1.54) is 17.8 Å². The predicted octanol–water partition coefficient (Wildman–Crippen LogP) is 5.40. The number of nitrogens with zero attached hydrogens (tertiary/aromatic N) is 1. The first-order valence-electron chi connectivity index (χ1n) is 9.69. The molecule has 0 radical (unpaired) electrons. The highest BCUT2D eigenvalue weighted by Gasteiger charge is 2.26. The number of halogens is 1. The average molecular weight is 398 g/mol. The molecule has 1 aliphatic heterocycles. The van der Waals surface area contributed by atoms with Crippen molar-refractivity contribution in [2.24, 2.45) is 5.92 Å². The molecule has 1 fully saturated rings. The average Bonchev–Trinajstić information content (AvgIpc) is 2.60. The summed E-state index contributed by atoms with van der Waals surface area (Å²) in [6, 6.07) is 4.97. The number of thioether (sulfide) groups is 1. The van der Waals surface area contributed by atoms with Crippen LogP contribution in [0.25, 0.3) is 0 Å². The van der Waals surface area contributed by atoms with Crippen LogP contribution in [0.15, 0.2) is 23.1 Å². The van der Waals surface area contributed by atoms with Gasteiger partial charge in [0.1, 0.15) is 11.4 Å². The smallest absolute Gasteiger partial charge is 0.410 e. The van der Waals surface area contributed by atoms with Crippen LogP contribution in [-0.2, 0) is 4.74 Å². The number of rotatable bonds is 6. The maximum Gasteiger partial charge on any atom is 0.410 e. The molecule has 1 atom stereocenters. The normalized spacial score (nSPS) is 17.0. The molecule has 0 bridgehead atoms. The van der Waals surface area contributed by atoms with Gasteiger partial charge in [-0.3, -0.25) is 0 Å². The maximum absolute atomic E-state index is 13.9. The first-order chi connectivity index (χ1) is 12.7. The van der Waals surface area contributed by atoms with Crippen LogP contribution in [0.1, 0.15) is 64.5 Å². The zero-order valence-corrected chi connectivity index (χ0v) is 17.7. The lowest BCUT2D eigenvalue weighted by Gasteiger charge is -2.33. The van der Waals surface area contributed by atoms with E-state index in [2.05, 4.69) is 0 Å². The third kappa shape index (κ3) is 7.00. The Morgan fingerprint density at radius 3 is 2.59 bits per heavy atom. The molecule has 27 heavy (non-hydrogen) atoms. The maximum atomic E-state index is 13.9. The summed E-state index contributed by atoms with van der Waals surface area (Å²) in [5.41, 5.74) is 0.183. The van der Waals surface area contributed by atoms with E-state index in [1.54, 1.807) is 17.0 Å². The fourth-order valence-electron chi connectivity index (χ4n) is 3.39. The molecule has 6 heteroatoms. The van der Waals surface area contributed by atoms with Gasteiger partial charge in [0.15, 0.2) is 0 Å². The minimum atomic E-state index is -0.628. The fourth-order valence-corrected chi connectivity index (χ4v) is 3.85. The van der Waals surface area contributed by atoms with Crippen LogP contribution >= 0.6 is 11.8 Å². The van der Waals surface area contributed by atoms with E-state index in [4.69, 9.17) is 4.74 Å². The van der Waals surface area contributed by atoms with Crippen LogP contribution < -0.4 is 0 Å². The molecule has 1 amide bonds. The van der Waals surface area contributed by atoms with E-state index in [-0.39, 0.29) is 11.9 Å². The van der Waals surface area contributed by atoms with Crippen molar-refractivity contribution in [2.75, 3.05) is 19.3 Å². The van der Waals surface area contributed by atoms with Gasteiger partial charge in [-0.15, -0.1) is 11.8 Å². The summed E-state index contributed by atoms with van der Waals surface area (Å²) < 4.78 is 19.3. The van der Waals surface area contributed by atoms with Crippen molar-refractivity contribution < 1.29 is 19.0 Å². The molecule has 1 N–H and O–H groups in total. The van der Waals surface area contributed by atoms with Crippen LogP contribution in [0.4, 0.5) is 9.18 Å². The Hall–Kier alpha value is -1.27. The predicted molar refractivity (Wildman–Crippen MR) is 108 cm³/mol. The molecule has 4 nitrogen and oxygen atoms in total. The number of aliphatic hydroxyl groups is 1. The zero-order chi connectivity index (χ0) is 20.0. The number of piperidine rings is 1. The van der Waals surface area contributed by atoms with E-state index in [0.29, 0.717) is 22.8 Å². The van der Waals surface area contributed by atoms with Gasteiger partial charge in [0.2, 0.25) is 0 Å². The van der Waals surface area contributed by atoms with Crippen molar-refractivity contribution in [1.29, 1.82) is 0 Å². The Labute approximate surface area is 166 Å². The molecule has 1 unspecified atom stereocenters. The number of amides is 1. The molecule has 152 valence electrons. The number of ether oxygens (including phenoxy) is 1. The van der Waals surface area contributed by atoms with Crippen molar-refractivity contribution in [1.82, 2.24) is 4.90 Å².